The largest absolute Gasteiger partial charge is 0.383 e. The van der Waals surface area contributed by atoms with E-state index in [1.807, 2.05) is 12.1 Å². The summed E-state index contributed by atoms with van der Waals surface area (Å²) in [4.78, 5) is 28.5. The second-order valence-electron chi connectivity index (χ2n) is 8.12. The van der Waals surface area contributed by atoms with Crippen LogP contribution in [0.2, 0.25) is 0 Å². The molecule has 4 rings (SSSR count). The third kappa shape index (κ3) is 5.89. The zero-order valence-electron chi connectivity index (χ0n) is 19.6. The Kier molecular flexibility index (Phi) is 7.96. The molecule has 0 saturated carbocycles. The molecule has 8 nitrogen and oxygen atoms in total. The highest BCUT2D eigenvalue weighted by atomic mass is 19.1. The first kappa shape index (κ1) is 24.9. The molecular formula is C26H25F2N5O3. The molecule has 4 aromatic rings. The van der Waals surface area contributed by atoms with Crippen LogP contribution in [0.4, 0.5) is 8.78 Å². The summed E-state index contributed by atoms with van der Waals surface area (Å²) in [5.74, 6) is -1.77. The minimum absolute atomic E-state index is 0.00544. The summed E-state index contributed by atoms with van der Waals surface area (Å²) in [6, 6.07) is 17.2. The van der Waals surface area contributed by atoms with Gasteiger partial charge in [-0.05, 0) is 47.5 Å². The zero-order chi connectivity index (χ0) is 25.5. The molecule has 0 bridgehead atoms. The maximum Gasteiger partial charge on any atom is 0.247 e. The number of nitrogens with one attached hydrogen (secondary N) is 1. The lowest BCUT2D eigenvalue weighted by molar-refractivity contribution is -0.142. The van der Waals surface area contributed by atoms with Crippen LogP contribution in [0.25, 0.3) is 11.0 Å². The van der Waals surface area contributed by atoms with E-state index in [0.29, 0.717) is 22.2 Å². The molecule has 1 atom stereocenters. The number of carbonyl (C=O) groups excluding carboxylic acids is 2. The van der Waals surface area contributed by atoms with Crippen LogP contribution in [0.5, 0.6) is 0 Å². The van der Waals surface area contributed by atoms with Gasteiger partial charge in [-0.15, -0.1) is 5.10 Å². The van der Waals surface area contributed by atoms with Gasteiger partial charge in [0.1, 0.15) is 29.7 Å². The van der Waals surface area contributed by atoms with Crippen molar-refractivity contribution in [3.8, 4) is 0 Å². The monoisotopic (exact) mass is 493 g/mol. The van der Waals surface area contributed by atoms with E-state index in [9.17, 15) is 18.4 Å². The van der Waals surface area contributed by atoms with E-state index in [-0.39, 0.29) is 26.2 Å². The van der Waals surface area contributed by atoms with Gasteiger partial charge in [-0.2, -0.15) is 0 Å². The van der Waals surface area contributed by atoms with Crippen molar-refractivity contribution >= 4 is 22.8 Å². The minimum atomic E-state index is -1.09. The highest BCUT2D eigenvalue weighted by Gasteiger charge is 2.32. The fourth-order valence-electron chi connectivity index (χ4n) is 3.85. The maximum atomic E-state index is 13.7. The maximum absolute atomic E-state index is 13.7. The van der Waals surface area contributed by atoms with E-state index in [1.165, 1.54) is 53.1 Å². The third-order valence-corrected chi connectivity index (χ3v) is 5.64. The number of benzene rings is 3. The minimum Gasteiger partial charge on any atom is -0.383 e. The van der Waals surface area contributed by atoms with Gasteiger partial charge < -0.3 is 15.0 Å². The molecule has 0 spiro atoms. The number of nitrogens with zero attached hydrogens (tertiary/aromatic N) is 4. The van der Waals surface area contributed by atoms with E-state index in [0.717, 1.165) is 0 Å². The Bertz CT molecular complexity index is 1330. The van der Waals surface area contributed by atoms with Crippen molar-refractivity contribution in [3.63, 3.8) is 0 Å². The number of ether oxygens (including phenoxy) is 1. The van der Waals surface area contributed by atoms with Crippen molar-refractivity contribution in [2.24, 2.45) is 0 Å². The van der Waals surface area contributed by atoms with Gasteiger partial charge in [0.05, 0.1) is 12.1 Å². The summed E-state index contributed by atoms with van der Waals surface area (Å²) in [5, 5.41) is 10.9. The van der Waals surface area contributed by atoms with Crippen LogP contribution in [-0.2, 0) is 27.4 Å². The molecule has 186 valence electrons. The Morgan fingerprint density at radius 3 is 2.36 bits per heavy atom. The van der Waals surface area contributed by atoms with Gasteiger partial charge in [0, 0.05) is 20.2 Å². The Labute approximate surface area is 206 Å². The number of hydrogen-bond acceptors (Lipinski definition) is 5. The van der Waals surface area contributed by atoms with Gasteiger partial charge in [0.25, 0.3) is 0 Å². The Morgan fingerprint density at radius 1 is 1.00 bits per heavy atom. The third-order valence-electron chi connectivity index (χ3n) is 5.64. The summed E-state index contributed by atoms with van der Waals surface area (Å²) in [7, 11) is 1.51. The highest BCUT2D eigenvalue weighted by Crippen LogP contribution is 2.25. The van der Waals surface area contributed by atoms with Crippen molar-refractivity contribution in [2.75, 3.05) is 20.3 Å². The van der Waals surface area contributed by atoms with Crippen LogP contribution in [-0.4, -0.2) is 52.0 Å². The van der Waals surface area contributed by atoms with E-state index < -0.39 is 29.5 Å². The molecule has 0 saturated heterocycles. The predicted octanol–water partition coefficient (Wildman–Crippen LogP) is 3.24. The summed E-state index contributed by atoms with van der Waals surface area (Å²) in [6.07, 6.45) is 0. The van der Waals surface area contributed by atoms with E-state index >= 15 is 0 Å². The number of methoxy groups -OCH3 is 1. The number of para-hydroxylation sites is 1. The molecule has 1 aromatic heterocycles. The second-order valence-corrected chi connectivity index (χ2v) is 8.12. The number of fused-ring (bicyclic) bond motifs is 1. The van der Waals surface area contributed by atoms with Crippen molar-refractivity contribution in [1.82, 2.24) is 25.2 Å². The number of amides is 2. The molecule has 0 aliphatic heterocycles. The quantitative estimate of drug-likeness (QED) is 0.343. The average molecular weight is 494 g/mol. The molecule has 0 aliphatic rings. The number of halogens is 2. The van der Waals surface area contributed by atoms with Gasteiger partial charge >= 0.3 is 0 Å². The molecule has 36 heavy (non-hydrogen) atoms. The molecule has 0 radical (unpaired) electrons. The number of aromatic nitrogens is 3. The standard InChI is InChI=1S/C26H25F2N5O3/c1-36-15-14-29-26(35)25(19-8-12-21(28)13-9-19)32(16-18-6-10-20(27)11-7-18)24(34)17-33-23-5-3-2-4-22(23)30-31-33/h2-13,25H,14-17H2,1H3,(H,29,35). The molecule has 10 heteroatoms. The van der Waals surface area contributed by atoms with Crippen LogP contribution in [0.3, 0.4) is 0 Å². The summed E-state index contributed by atoms with van der Waals surface area (Å²) >= 11 is 0. The van der Waals surface area contributed by atoms with E-state index in [4.69, 9.17) is 4.74 Å². The SMILES string of the molecule is COCCNC(=O)C(c1ccc(F)cc1)N(Cc1ccc(F)cc1)C(=O)Cn1nnc2ccccc21. The molecular weight excluding hydrogens is 468 g/mol. The van der Waals surface area contributed by atoms with Crippen molar-refractivity contribution in [1.29, 1.82) is 0 Å². The van der Waals surface area contributed by atoms with Crippen LogP contribution in [0.15, 0.2) is 72.8 Å². The summed E-state index contributed by atoms with van der Waals surface area (Å²) in [6.45, 7) is 0.314. The molecule has 0 aliphatic carbocycles. The zero-order valence-corrected chi connectivity index (χ0v) is 19.6. The van der Waals surface area contributed by atoms with Gasteiger partial charge in [-0.3, -0.25) is 9.59 Å². The molecule has 3 aromatic carbocycles. The first-order valence-corrected chi connectivity index (χ1v) is 11.3. The second kappa shape index (κ2) is 11.5. The fourth-order valence-corrected chi connectivity index (χ4v) is 3.85. The van der Waals surface area contributed by atoms with Gasteiger partial charge in [-0.25, -0.2) is 13.5 Å². The molecule has 1 N–H and O–H groups in total. The molecule has 1 heterocycles. The first-order chi connectivity index (χ1) is 17.5. The first-order valence-electron chi connectivity index (χ1n) is 11.3. The number of carbonyl (C=O) groups is 2. The van der Waals surface area contributed by atoms with Gasteiger partial charge in [-0.1, -0.05) is 41.6 Å². The highest BCUT2D eigenvalue weighted by molar-refractivity contribution is 5.89. The lowest BCUT2D eigenvalue weighted by Crippen LogP contribution is -2.45. The molecule has 0 fully saturated rings. The number of rotatable bonds is 10. The summed E-state index contributed by atoms with van der Waals surface area (Å²) < 4.78 is 33.7. The van der Waals surface area contributed by atoms with Crippen molar-refractivity contribution in [3.05, 3.63) is 95.6 Å². The lowest BCUT2D eigenvalue weighted by Gasteiger charge is -2.31. The van der Waals surface area contributed by atoms with Crippen LogP contribution in [0.1, 0.15) is 17.2 Å². The van der Waals surface area contributed by atoms with Crippen molar-refractivity contribution in [2.45, 2.75) is 19.1 Å². The summed E-state index contributed by atoms with van der Waals surface area (Å²) in [5.41, 5.74) is 2.33. The predicted molar refractivity (Wildman–Crippen MR) is 129 cm³/mol. The normalized spacial score (nSPS) is 11.9. The lowest BCUT2D eigenvalue weighted by atomic mass is 10.0. The van der Waals surface area contributed by atoms with E-state index in [2.05, 4.69) is 15.6 Å². The fraction of sp³-hybridized carbons (Fsp3) is 0.231. The average Bonchev–Trinajstić information content (AvgIpc) is 3.29. The molecule has 2 amide bonds. The smallest absolute Gasteiger partial charge is 0.247 e. The Hall–Kier alpha value is -4.18. The number of hydrogen-bond donors (Lipinski definition) is 1. The van der Waals surface area contributed by atoms with Crippen LogP contribution < -0.4 is 5.32 Å². The van der Waals surface area contributed by atoms with Crippen molar-refractivity contribution < 1.29 is 23.1 Å². The van der Waals surface area contributed by atoms with Crippen LogP contribution >= 0.6 is 0 Å². The molecule has 1 unspecified atom stereocenters. The van der Waals surface area contributed by atoms with Crippen LogP contribution in [0, 0.1) is 11.6 Å². The van der Waals surface area contributed by atoms with E-state index in [1.54, 1.807) is 24.3 Å². The van der Waals surface area contributed by atoms with Gasteiger partial charge in [0.15, 0.2) is 0 Å². The van der Waals surface area contributed by atoms with Gasteiger partial charge in [0.2, 0.25) is 11.8 Å². The Morgan fingerprint density at radius 2 is 1.67 bits per heavy atom. The Balaban J connectivity index is 1.72. The topological polar surface area (TPSA) is 89.4 Å².